The Bertz CT molecular complexity index is 980. The second kappa shape index (κ2) is 6.03. The number of amides is 1. The van der Waals surface area contributed by atoms with E-state index < -0.39 is 0 Å². The van der Waals surface area contributed by atoms with Gasteiger partial charge in [0.2, 0.25) is 5.71 Å². The lowest BCUT2D eigenvalue weighted by Crippen LogP contribution is -2.42. The van der Waals surface area contributed by atoms with Crippen LogP contribution in [0.1, 0.15) is 41.6 Å². The molecule has 1 saturated carbocycles. The highest BCUT2D eigenvalue weighted by atomic mass is 16.3. The monoisotopic (exact) mass is 353 g/mol. The van der Waals surface area contributed by atoms with Crippen molar-refractivity contribution in [2.75, 3.05) is 5.01 Å². The summed E-state index contributed by atoms with van der Waals surface area (Å²) >= 11 is 0. The van der Waals surface area contributed by atoms with E-state index in [4.69, 9.17) is 10.3 Å². The summed E-state index contributed by atoms with van der Waals surface area (Å²) in [5, 5.41) is 4.96. The lowest BCUT2D eigenvalue weighted by atomic mass is 10.2. The molecule has 0 aromatic carbocycles. The smallest absolute Gasteiger partial charge is 0.255 e. The van der Waals surface area contributed by atoms with E-state index in [0.29, 0.717) is 28.3 Å². The Balaban J connectivity index is 1.63. The maximum atomic E-state index is 12.7. The van der Waals surface area contributed by atoms with Gasteiger partial charge in [-0.3, -0.25) is 9.80 Å². The third-order valence-electron chi connectivity index (χ3n) is 4.64. The summed E-state index contributed by atoms with van der Waals surface area (Å²) in [7, 11) is 0. The normalized spacial score (nSPS) is 15.0. The zero-order valence-corrected chi connectivity index (χ0v) is 14.6. The fraction of sp³-hybridized carbons (Fsp3) is 0.353. The summed E-state index contributed by atoms with van der Waals surface area (Å²) in [4.78, 5) is 29.4. The molecule has 0 atom stereocenters. The first-order valence-corrected chi connectivity index (χ1v) is 8.32. The van der Waals surface area contributed by atoms with Crippen molar-refractivity contribution in [1.82, 2.24) is 25.3 Å². The van der Waals surface area contributed by atoms with E-state index in [2.05, 4.69) is 32.2 Å². The van der Waals surface area contributed by atoms with Gasteiger partial charge in [0, 0.05) is 6.20 Å². The molecule has 1 fully saturated rings. The molecule has 3 aromatic rings. The van der Waals surface area contributed by atoms with Crippen LogP contribution in [0.15, 0.2) is 29.3 Å². The second-order valence-electron chi connectivity index (χ2n) is 6.67. The molecule has 0 unspecified atom stereocenters. The number of rotatable bonds is 5. The Kier molecular flexibility index (Phi) is 3.80. The zero-order chi connectivity index (χ0) is 18.3. The molecular weight excluding hydrogens is 334 g/mol. The van der Waals surface area contributed by atoms with E-state index in [0.717, 1.165) is 18.5 Å². The van der Waals surface area contributed by atoms with Crippen LogP contribution in [-0.2, 0) is 6.54 Å². The molecule has 1 aliphatic carbocycles. The van der Waals surface area contributed by atoms with Gasteiger partial charge in [-0.2, -0.15) is 0 Å². The summed E-state index contributed by atoms with van der Waals surface area (Å²) in [6.07, 6.45) is 6.37. The molecule has 1 aliphatic rings. The summed E-state index contributed by atoms with van der Waals surface area (Å²) in [6, 6.07) is 1.75. The lowest BCUT2D eigenvalue weighted by molar-refractivity contribution is 0.0951. The molecule has 9 heteroatoms. The first kappa shape index (κ1) is 16.4. The van der Waals surface area contributed by atoms with Crippen molar-refractivity contribution in [1.29, 1.82) is 0 Å². The summed E-state index contributed by atoms with van der Waals surface area (Å²) in [5.74, 6) is 7.11. The zero-order valence-electron chi connectivity index (χ0n) is 14.6. The number of carbonyl (C=O) groups is 1. The predicted octanol–water partition coefficient (Wildman–Crippen LogP) is 1.48. The van der Waals surface area contributed by atoms with Crippen molar-refractivity contribution in [3.05, 3.63) is 41.9 Å². The minimum Gasteiger partial charge on any atom is -0.445 e. The number of hydrazine groups is 1. The molecular formula is C17H19N7O2. The Morgan fingerprint density at radius 1 is 1.38 bits per heavy atom. The van der Waals surface area contributed by atoms with E-state index in [1.54, 1.807) is 24.2 Å². The number of anilines is 1. The number of hydrogen-bond acceptors (Lipinski definition) is 8. The SMILES string of the molecule is Cc1nccc(CNC(=O)c2coc3ncnc(N(N)C4(C)CC4)c23)n1. The number of aromatic nitrogens is 4. The Labute approximate surface area is 149 Å². The lowest BCUT2D eigenvalue weighted by Gasteiger charge is -2.25. The van der Waals surface area contributed by atoms with Gasteiger partial charge in [-0.1, -0.05) is 0 Å². The number of hydrogen-bond donors (Lipinski definition) is 2. The molecule has 0 bridgehead atoms. The van der Waals surface area contributed by atoms with E-state index in [9.17, 15) is 4.79 Å². The Morgan fingerprint density at radius 3 is 2.92 bits per heavy atom. The largest absolute Gasteiger partial charge is 0.445 e. The highest BCUT2D eigenvalue weighted by molar-refractivity contribution is 6.08. The van der Waals surface area contributed by atoms with E-state index in [1.807, 2.05) is 0 Å². The molecule has 0 aliphatic heterocycles. The van der Waals surface area contributed by atoms with Crippen LogP contribution in [0.5, 0.6) is 0 Å². The second-order valence-corrected chi connectivity index (χ2v) is 6.67. The van der Waals surface area contributed by atoms with Crippen LogP contribution < -0.4 is 16.2 Å². The summed E-state index contributed by atoms with van der Waals surface area (Å²) in [6.45, 7) is 4.13. The van der Waals surface area contributed by atoms with Gasteiger partial charge in [-0.15, -0.1) is 0 Å². The number of aryl methyl sites for hydroxylation is 1. The Morgan fingerprint density at radius 2 is 2.19 bits per heavy atom. The van der Waals surface area contributed by atoms with E-state index >= 15 is 0 Å². The molecule has 0 saturated heterocycles. The molecule has 26 heavy (non-hydrogen) atoms. The molecule has 134 valence electrons. The Hall–Kier alpha value is -3.07. The molecule has 0 radical (unpaired) electrons. The van der Waals surface area contributed by atoms with Gasteiger partial charge in [0.1, 0.15) is 18.4 Å². The van der Waals surface area contributed by atoms with Crippen LogP contribution in [-0.4, -0.2) is 31.4 Å². The highest BCUT2D eigenvalue weighted by Crippen LogP contribution is 2.43. The highest BCUT2D eigenvalue weighted by Gasteiger charge is 2.44. The van der Waals surface area contributed by atoms with Crippen molar-refractivity contribution in [3.63, 3.8) is 0 Å². The van der Waals surface area contributed by atoms with Gasteiger partial charge >= 0.3 is 0 Å². The predicted molar refractivity (Wildman–Crippen MR) is 94.0 cm³/mol. The topological polar surface area (TPSA) is 123 Å². The molecule has 0 spiro atoms. The van der Waals surface area contributed by atoms with Gasteiger partial charge < -0.3 is 9.73 Å². The van der Waals surface area contributed by atoms with Crippen molar-refractivity contribution < 1.29 is 9.21 Å². The van der Waals surface area contributed by atoms with Gasteiger partial charge in [-0.05, 0) is 32.8 Å². The average molecular weight is 353 g/mol. The van der Waals surface area contributed by atoms with Gasteiger partial charge in [-0.25, -0.2) is 25.8 Å². The van der Waals surface area contributed by atoms with Crippen molar-refractivity contribution in [2.45, 2.75) is 38.8 Å². The van der Waals surface area contributed by atoms with Crippen LogP contribution in [0, 0.1) is 6.92 Å². The fourth-order valence-electron chi connectivity index (χ4n) is 2.76. The quantitative estimate of drug-likeness (QED) is 0.522. The van der Waals surface area contributed by atoms with Gasteiger partial charge in [0.15, 0.2) is 5.82 Å². The first-order chi connectivity index (χ1) is 12.5. The molecule has 3 N–H and O–H groups in total. The number of fused-ring (bicyclic) bond motifs is 1. The van der Waals surface area contributed by atoms with E-state index in [-0.39, 0.29) is 18.0 Å². The standard InChI is InChI=1S/C17H19N7O2/c1-10-19-6-3-11(23-10)7-20-15(25)12-8-26-16-13(12)14(21-9-22-16)24(18)17(2)4-5-17/h3,6,8-9H,4-5,7,18H2,1-2H3,(H,20,25). The van der Waals surface area contributed by atoms with Crippen LogP contribution >= 0.6 is 0 Å². The van der Waals surface area contributed by atoms with Crippen molar-refractivity contribution in [3.8, 4) is 0 Å². The fourth-order valence-corrected chi connectivity index (χ4v) is 2.76. The van der Waals surface area contributed by atoms with Crippen LogP contribution in [0.25, 0.3) is 11.1 Å². The van der Waals surface area contributed by atoms with Gasteiger partial charge in [0.05, 0.1) is 28.7 Å². The van der Waals surface area contributed by atoms with Crippen molar-refractivity contribution in [2.24, 2.45) is 5.84 Å². The molecule has 4 rings (SSSR count). The first-order valence-electron chi connectivity index (χ1n) is 8.32. The summed E-state index contributed by atoms with van der Waals surface area (Å²) in [5.41, 5.74) is 1.25. The molecule has 9 nitrogen and oxygen atoms in total. The van der Waals surface area contributed by atoms with Gasteiger partial charge in [0.25, 0.3) is 5.91 Å². The minimum atomic E-state index is -0.301. The summed E-state index contributed by atoms with van der Waals surface area (Å²) < 4.78 is 5.45. The van der Waals surface area contributed by atoms with Crippen LogP contribution in [0.4, 0.5) is 5.82 Å². The average Bonchev–Trinajstić information content (AvgIpc) is 3.24. The third kappa shape index (κ3) is 2.86. The third-order valence-corrected chi connectivity index (χ3v) is 4.64. The molecule has 3 aromatic heterocycles. The maximum absolute atomic E-state index is 12.7. The van der Waals surface area contributed by atoms with Crippen LogP contribution in [0.3, 0.4) is 0 Å². The number of furan rings is 1. The van der Waals surface area contributed by atoms with Crippen molar-refractivity contribution >= 4 is 22.8 Å². The minimum absolute atomic E-state index is 0.148. The molecule has 1 amide bonds. The van der Waals surface area contributed by atoms with E-state index in [1.165, 1.54) is 12.6 Å². The maximum Gasteiger partial charge on any atom is 0.255 e. The number of nitrogens with two attached hydrogens (primary N) is 1. The number of nitrogens with zero attached hydrogens (tertiary/aromatic N) is 5. The number of carbonyl (C=O) groups excluding carboxylic acids is 1. The van der Waals surface area contributed by atoms with Crippen LogP contribution in [0.2, 0.25) is 0 Å². The number of nitrogens with one attached hydrogen (secondary N) is 1. The molecule has 3 heterocycles.